The van der Waals surface area contributed by atoms with Crippen molar-refractivity contribution >= 4 is 15.9 Å². The van der Waals surface area contributed by atoms with Crippen LogP contribution in [-0.2, 0) is 17.3 Å². The maximum atomic E-state index is 4.63. The molecule has 0 atom stereocenters. The van der Waals surface area contributed by atoms with E-state index in [1.54, 1.807) is 0 Å². The molecule has 1 fully saturated rings. The molecule has 3 nitrogen and oxygen atoms in total. The Labute approximate surface area is 131 Å². The van der Waals surface area contributed by atoms with Gasteiger partial charge in [-0.05, 0) is 31.1 Å². The SMILES string of the molecule is CC(C)Cn1c(CBr)nnc1C1(CC(C)C)CCCC1. The van der Waals surface area contributed by atoms with E-state index in [1.165, 1.54) is 37.9 Å². The Balaban J connectivity index is 2.40. The highest BCUT2D eigenvalue weighted by Gasteiger charge is 2.40. The molecule has 0 radical (unpaired) electrons. The summed E-state index contributed by atoms with van der Waals surface area (Å²) in [5, 5.41) is 9.88. The molecule has 1 aromatic rings. The van der Waals surface area contributed by atoms with E-state index in [4.69, 9.17) is 0 Å². The van der Waals surface area contributed by atoms with Gasteiger partial charge in [-0.2, -0.15) is 0 Å². The van der Waals surface area contributed by atoms with E-state index in [0.29, 0.717) is 11.8 Å². The Kier molecular flexibility index (Phi) is 5.27. The molecule has 20 heavy (non-hydrogen) atoms. The van der Waals surface area contributed by atoms with Gasteiger partial charge in [0.25, 0.3) is 0 Å². The summed E-state index contributed by atoms with van der Waals surface area (Å²) >= 11 is 3.57. The van der Waals surface area contributed by atoms with Gasteiger partial charge < -0.3 is 4.57 Å². The van der Waals surface area contributed by atoms with Gasteiger partial charge in [-0.3, -0.25) is 0 Å². The molecular formula is C16H28BrN3. The summed E-state index contributed by atoms with van der Waals surface area (Å²) in [7, 11) is 0. The summed E-state index contributed by atoms with van der Waals surface area (Å²) in [5.74, 6) is 3.68. The first-order valence-corrected chi connectivity index (χ1v) is 9.09. The first-order chi connectivity index (χ1) is 9.48. The highest BCUT2D eigenvalue weighted by Crippen LogP contribution is 2.45. The number of hydrogen-bond donors (Lipinski definition) is 0. The van der Waals surface area contributed by atoms with Crippen LogP contribution in [0, 0.1) is 11.8 Å². The summed E-state index contributed by atoms with van der Waals surface area (Å²) in [4.78, 5) is 0. The molecule has 0 spiro atoms. The summed E-state index contributed by atoms with van der Waals surface area (Å²) < 4.78 is 2.40. The summed E-state index contributed by atoms with van der Waals surface area (Å²) in [6.45, 7) is 10.2. The maximum Gasteiger partial charge on any atom is 0.143 e. The molecule has 114 valence electrons. The fraction of sp³-hybridized carbons (Fsp3) is 0.875. The third-order valence-corrected chi connectivity index (χ3v) is 4.83. The van der Waals surface area contributed by atoms with Crippen LogP contribution in [0.3, 0.4) is 0 Å². The summed E-state index contributed by atoms with van der Waals surface area (Å²) in [6, 6.07) is 0. The van der Waals surface area contributed by atoms with Crippen LogP contribution in [-0.4, -0.2) is 14.8 Å². The van der Waals surface area contributed by atoms with Crippen molar-refractivity contribution in [2.45, 2.75) is 77.1 Å². The van der Waals surface area contributed by atoms with Gasteiger partial charge in [0.05, 0.1) is 5.33 Å². The molecule has 1 aliphatic rings. The highest BCUT2D eigenvalue weighted by atomic mass is 79.9. The van der Waals surface area contributed by atoms with Crippen molar-refractivity contribution in [1.82, 2.24) is 14.8 Å². The summed E-state index contributed by atoms with van der Waals surface area (Å²) in [6.07, 6.45) is 6.48. The molecule has 0 unspecified atom stereocenters. The van der Waals surface area contributed by atoms with Crippen LogP contribution in [0.5, 0.6) is 0 Å². The van der Waals surface area contributed by atoms with Crippen LogP contribution in [0.25, 0.3) is 0 Å². The topological polar surface area (TPSA) is 30.7 Å². The minimum Gasteiger partial charge on any atom is -0.314 e. The van der Waals surface area contributed by atoms with Gasteiger partial charge in [0.15, 0.2) is 0 Å². The van der Waals surface area contributed by atoms with E-state index < -0.39 is 0 Å². The molecule has 4 heteroatoms. The van der Waals surface area contributed by atoms with Gasteiger partial charge in [-0.1, -0.05) is 56.5 Å². The van der Waals surface area contributed by atoms with E-state index in [2.05, 4.69) is 58.4 Å². The van der Waals surface area contributed by atoms with Gasteiger partial charge >= 0.3 is 0 Å². The summed E-state index contributed by atoms with van der Waals surface area (Å²) in [5.41, 5.74) is 0.274. The molecule has 2 rings (SSSR count). The third-order valence-electron chi connectivity index (χ3n) is 4.33. The smallest absolute Gasteiger partial charge is 0.143 e. The minimum absolute atomic E-state index is 0.274. The minimum atomic E-state index is 0.274. The van der Waals surface area contributed by atoms with Crippen LogP contribution < -0.4 is 0 Å². The van der Waals surface area contributed by atoms with E-state index in [9.17, 15) is 0 Å². The first-order valence-electron chi connectivity index (χ1n) is 7.97. The van der Waals surface area contributed by atoms with Crippen molar-refractivity contribution in [2.24, 2.45) is 11.8 Å². The lowest BCUT2D eigenvalue weighted by Crippen LogP contribution is -2.30. The van der Waals surface area contributed by atoms with Gasteiger partial charge in [-0.25, -0.2) is 0 Å². The lowest BCUT2D eigenvalue weighted by atomic mass is 9.77. The van der Waals surface area contributed by atoms with E-state index in [-0.39, 0.29) is 5.41 Å². The van der Waals surface area contributed by atoms with Crippen molar-refractivity contribution in [3.8, 4) is 0 Å². The fourth-order valence-corrected chi connectivity index (χ4v) is 4.15. The van der Waals surface area contributed by atoms with Gasteiger partial charge in [0, 0.05) is 12.0 Å². The molecule has 0 N–H and O–H groups in total. The molecule has 0 aliphatic heterocycles. The Morgan fingerprint density at radius 3 is 2.25 bits per heavy atom. The average molecular weight is 342 g/mol. The van der Waals surface area contributed by atoms with E-state index in [0.717, 1.165) is 17.7 Å². The zero-order chi connectivity index (χ0) is 14.8. The Bertz CT molecular complexity index is 431. The van der Waals surface area contributed by atoms with Gasteiger partial charge in [0.1, 0.15) is 11.6 Å². The van der Waals surface area contributed by atoms with Crippen LogP contribution >= 0.6 is 15.9 Å². The lowest BCUT2D eigenvalue weighted by molar-refractivity contribution is 0.310. The van der Waals surface area contributed by atoms with Gasteiger partial charge in [-0.15, -0.1) is 10.2 Å². The Hall–Kier alpha value is -0.380. The second kappa shape index (κ2) is 6.59. The first kappa shape index (κ1) is 16.0. The fourth-order valence-electron chi connectivity index (χ4n) is 3.74. The number of hydrogen-bond acceptors (Lipinski definition) is 2. The standard InChI is InChI=1S/C16H28BrN3/c1-12(2)9-16(7-5-6-8-16)15-19-18-14(10-17)20(15)11-13(3)4/h12-13H,5-11H2,1-4H3. The van der Waals surface area contributed by atoms with Crippen molar-refractivity contribution in [3.05, 3.63) is 11.6 Å². The molecule has 1 heterocycles. The largest absolute Gasteiger partial charge is 0.314 e. The predicted octanol–water partition coefficient (Wildman–Crippen LogP) is 4.69. The van der Waals surface area contributed by atoms with E-state index in [1.807, 2.05) is 0 Å². The van der Waals surface area contributed by atoms with Crippen molar-refractivity contribution in [1.29, 1.82) is 0 Å². The van der Waals surface area contributed by atoms with Crippen LogP contribution in [0.15, 0.2) is 0 Å². The van der Waals surface area contributed by atoms with Crippen molar-refractivity contribution in [2.75, 3.05) is 0 Å². The Morgan fingerprint density at radius 2 is 1.75 bits per heavy atom. The Morgan fingerprint density at radius 1 is 1.10 bits per heavy atom. The lowest BCUT2D eigenvalue weighted by Gasteiger charge is -2.31. The molecule has 0 amide bonds. The second-order valence-electron chi connectivity index (χ2n) is 7.16. The van der Waals surface area contributed by atoms with E-state index >= 15 is 0 Å². The number of alkyl halides is 1. The molecule has 1 aromatic heterocycles. The average Bonchev–Trinajstić information content (AvgIpc) is 2.95. The number of aromatic nitrogens is 3. The second-order valence-corrected chi connectivity index (χ2v) is 7.72. The van der Waals surface area contributed by atoms with Crippen LogP contribution in [0.1, 0.15) is 71.4 Å². The van der Waals surface area contributed by atoms with Crippen LogP contribution in [0.4, 0.5) is 0 Å². The zero-order valence-corrected chi connectivity index (χ0v) is 14.9. The maximum absolute atomic E-state index is 4.63. The van der Waals surface area contributed by atoms with Gasteiger partial charge in [0.2, 0.25) is 0 Å². The molecule has 1 aliphatic carbocycles. The van der Waals surface area contributed by atoms with Crippen LogP contribution in [0.2, 0.25) is 0 Å². The normalized spacial score (nSPS) is 18.4. The van der Waals surface area contributed by atoms with Crippen molar-refractivity contribution < 1.29 is 0 Å². The quantitative estimate of drug-likeness (QED) is 0.703. The molecule has 1 saturated carbocycles. The third kappa shape index (κ3) is 3.26. The highest BCUT2D eigenvalue weighted by molar-refractivity contribution is 9.08. The number of halogens is 1. The monoisotopic (exact) mass is 341 g/mol. The molecule has 0 aromatic carbocycles. The zero-order valence-electron chi connectivity index (χ0n) is 13.3. The number of rotatable bonds is 6. The predicted molar refractivity (Wildman–Crippen MR) is 87.1 cm³/mol. The number of nitrogens with zero attached hydrogens (tertiary/aromatic N) is 3. The molecular weight excluding hydrogens is 314 g/mol. The molecule has 0 saturated heterocycles. The molecule has 0 bridgehead atoms. The van der Waals surface area contributed by atoms with Crippen molar-refractivity contribution in [3.63, 3.8) is 0 Å².